The van der Waals surface area contributed by atoms with Crippen LogP contribution in [0.15, 0.2) is 6.33 Å². The van der Waals surface area contributed by atoms with Crippen LogP contribution in [0, 0.1) is 4.77 Å². The highest BCUT2D eigenvalue weighted by Crippen LogP contribution is 1.95. The van der Waals surface area contributed by atoms with Gasteiger partial charge in [-0.2, -0.15) is 9.78 Å². The second-order valence-corrected chi connectivity index (χ2v) is 4.98. The largest absolute Gasteiger partial charge is 0.450 e. The summed E-state index contributed by atoms with van der Waals surface area (Å²) in [7, 11) is 1.89. The lowest BCUT2D eigenvalue weighted by Crippen LogP contribution is -3.14. The first kappa shape index (κ1) is 14.0. The molecule has 0 radical (unpaired) electrons. The van der Waals surface area contributed by atoms with E-state index in [1.807, 2.05) is 23.2 Å². The monoisotopic (exact) mass is 286 g/mol. The van der Waals surface area contributed by atoms with Crippen LogP contribution >= 0.6 is 12.2 Å². The first-order chi connectivity index (χ1) is 9.11. The highest BCUT2D eigenvalue weighted by Gasteiger charge is 2.24. The van der Waals surface area contributed by atoms with Crippen molar-refractivity contribution in [2.45, 2.75) is 13.6 Å². The number of piperazine rings is 1. The number of hydrogen-bond acceptors (Lipinski definition) is 4. The van der Waals surface area contributed by atoms with E-state index in [0.717, 1.165) is 24.5 Å². The molecule has 19 heavy (non-hydrogen) atoms. The summed E-state index contributed by atoms with van der Waals surface area (Å²) < 4.78 is 9.37. The Balaban J connectivity index is 1.85. The lowest BCUT2D eigenvalue weighted by molar-refractivity contribution is -0.927. The van der Waals surface area contributed by atoms with Gasteiger partial charge < -0.3 is 14.2 Å². The molecule has 1 aliphatic heterocycles. The van der Waals surface area contributed by atoms with Gasteiger partial charge in [-0.3, -0.25) is 4.90 Å². The average Bonchev–Trinajstić information content (AvgIpc) is 2.72. The van der Waals surface area contributed by atoms with Gasteiger partial charge in [0.15, 0.2) is 6.67 Å². The van der Waals surface area contributed by atoms with Crippen LogP contribution in [0.25, 0.3) is 0 Å². The van der Waals surface area contributed by atoms with Crippen molar-refractivity contribution in [1.82, 2.24) is 19.2 Å². The van der Waals surface area contributed by atoms with Crippen LogP contribution in [0.1, 0.15) is 6.92 Å². The van der Waals surface area contributed by atoms with E-state index in [4.69, 9.17) is 17.0 Å². The van der Waals surface area contributed by atoms with Gasteiger partial charge in [-0.05, 0) is 19.1 Å². The highest BCUT2D eigenvalue weighted by atomic mass is 32.1. The van der Waals surface area contributed by atoms with Crippen molar-refractivity contribution in [3.63, 3.8) is 0 Å². The third-order valence-electron chi connectivity index (χ3n) is 3.26. The van der Waals surface area contributed by atoms with E-state index < -0.39 is 0 Å². The number of aryl methyl sites for hydroxylation is 1. The molecule has 7 nitrogen and oxygen atoms in total. The third kappa shape index (κ3) is 3.32. The number of aromatic nitrogens is 3. The van der Waals surface area contributed by atoms with Gasteiger partial charge in [-0.25, -0.2) is 4.79 Å². The highest BCUT2D eigenvalue weighted by molar-refractivity contribution is 7.71. The van der Waals surface area contributed by atoms with Crippen LogP contribution in [0.4, 0.5) is 4.79 Å². The molecule has 1 N–H and O–H groups in total. The van der Waals surface area contributed by atoms with E-state index in [-0.39, 0.29) is 6.09 Å². The van der Waals surface area contributed by atoms with Crippen molar-refractivity contribution in [3.8, 4) is 0 Å². The van der Waals surface area contributed by atoms with Crippen molar-refractivity contribution >= 4 is 18.3 Å². The molecule has 1 saturated heterocycles. The van der Waals surface area contributed by atoms with E-state index in [0.29, 0.717) is 19.7 Å². The van der Waals surface area contributed by atoms with Gasteiger partial charge in [0.25, 0.3) is 0 Å². The van der Waals surface area contributed by atoms with Crippen LogP contribution in [0.2, 0.25) is 0 Å². The van der Waals surface area contributed by atoms with Crippen molar-refractivity contribution in [2.24, 2.45) is 7.05 Å². The summed E-state index contributed by atoms with van der Waals surface area (Å²) in [6.45, 7) is 6.20. The number of carbonyl (C=O) groups is 1. The average molecular weight is 286 g/mol. The van der Waals surface area contributed by atoms with E-state index >= 15 is 0 Å². The fourth-order valence-electron chi connectivity index (χ4n) is 2.12. The number of hydrogen-bond donors (Lipinski definition) is 1. The van der Waals surface area contributed by atoms with Gasteiger partial charge in [-0.1, -0.05) is 0 Å². The predicted molar refractivity (Wildman–Crippen MR) is 71.3 cm³/mol. The number of carbonyl (C=O) groups excluding carboxylic acids is 1. The zero-order chi connectivity index (χ0) is 13.8. The lowest BCUT2D eigenvalue weighted by atomic mass is 10.3. The summed E-state index contributed by atoms with van der Waals surface area (Å²) >= 11 is 5.26. The Morgan fingerprint density at radius 1 is 1.53 bits per heavy atom. The van der Waals surface area contributed by atoms with Crippen LogP contribution in [-0.4, -0.2) is 58.1 Å². The second-order valence-electron chi connectivity index (χ2n) is 4.62. The predicted octanol–water partition coefficient (Wildman–Crippen LogP) is -0.734. The number of ether oxygens (including phenoxy) is 1. The number of amides is 1. The minimum Gasteiger partial charge on any atom is -0.450 e. The van der Waals surface area contributed by atoms with Gasteiger partial charge in [0.1, 0.15) is 6.33 Å². The van der Waals surface area contributed by atoms with Gasteiger partial charge in [-0.15, -0.1) is 0 Å². The molecule has 0 bridgehead atoms. The number of rotatable bonds is 3. The normalized spacial score (nSPS) is 16.6. The van der Waals surface area contributed by atoms with Gasteiger partial charge in [0.05, 0.1) is 32.8 Å². The third-order valence-corrected chi connectivity index (χ3v) is 3.76. The van der Waals surface area contributed by atoms with Crippen LogP contribution in [-0.2, 0) is 18.5 Å². The maximum Gasteiger partial charge on any atom is 0.410 e. The smallest absolute Gasteiger partial charge is 0.410 e. The fraction of sp³-hybridized carbons (Fsp3) is 0.727. The van der Waals surface area contributed by atoms with Gasteiger partial charge in [0, 0.05) is 7.05 Å². The quantitative estimate of drug-likeness (QED) is 0.744. The summed E-state index contributed by atoms with van der Waals surface area (Å²) in [5, 5.41) is 4.24. The summed E-state index contributed by atoms with van der Waals surface area (Å²) in [5.74, 6) is 0. The summed E-state index contributed by atoms with van der Waals surface area (Å²) in [6.07, 6.45) is 1.51. The SMILES string of the molecule is CCOC(=O)N1CC[NH+](Cn2ncn(C)c2=S)CC1. The Morgan fingerprint density at radius 3 is 2.74 bits per heavy atom. The van der Waals surface area contributed by atoms with E-state index in [2.05, 4.69) is 5.10 Å². The fourth-order valence-corrected chi connectivity index (χ4v) is 2.28. The van der Waals surface area contributed by atoms with Crippen molar-refractivity contribution in [1.29, 1.82) is 0 Å². The molecule has 0 saturated carbocycles. The van der Waals surface area contributed by atoms with Crippen molar-refractivity contribution in [2.75, 3.05) is 32.8 Å². The summed E-state index contributed by atoms with van der Waals surface area (Å²) in [4.78, 5) is 14.7. The molecule has 2 rings (SSSR count). The molecule has 106 valence electrons. The van der Waals surface area contributed by atoms with Crippen LogP contribution in [0.3, 0.4) is 0 Å². The Hall–Kier alpha value is -1.41. The Kier molecular flexibility index (Phi) is 4.54. The molecule has 1 aromatic rings. The molecule has 2 heterocycles. The first-order valence-electron chi connectivity index (χ1n) is 6.45. The van der Waals surface area contributed by atoms with Gasteiger partial charge in [0.2, 0.25) is 4.77 Å². The zero-order valence-corrected chi connectivity index (χ0v) is 12.2. The maximum absolute atomic E-state index is 11.6. The molecule has 8 heteroatoms. The molecular formula is C11H20N5O2S+. The number of nitrogens with zero attached hydrogens (tertiary/aromatic N) is 4. The molecule has 1 aliphatic rings. The molecule has 0 spiro atoms. The molecule has 0 aromatic carbocycles. The number of nitrogens with one attached hydrogen (secondary N) is 1. The molecule has 0 unspecified atom stereocenters. The Labute approximate surface area is 117 Å². The molecule has 0 aliphatic carbocycles. The van der Waals surface area contributed by atoms with E-state index in [1.54, 1.807) is 11.2 Å². The topological polar surface area (TPSA) is 56.7 Å². The van der Waals surface area contributed by atoms with Gasteiger partial charge >= 0.3 is 6.09 Å². The molecule has 1 amide bonds. The Bertz CT molecular complexity index is 490. The maximum atomic E-state index is 11.6. The summed E-state index contributed by atoms with van der Waals surface area (Å²) in [5.41, 5.74) is 0. The Morgan fingerprint density at radius 2 is 2.21 bits per heavy atom. The van der Waals surface area contributed by atoms with Crippen LogP contribution in [0.5, 0.6) is 0 Å². The second kappa shape index (κ2) is 6.16. The number of quaternary nitrogens is 1. The molecular weight excluding hydrogens is 266 g/mol. The molecule has 1 aromatic heterocycles. The molecule has 0 atom stereocenters. The van der Waals surface area contributed by atoms with Crippen molar-refractivity contribution in [3.05, 3.63) is 11.1 Å². The lowest BCUT2D eigenvalue weighted by Gasteiger charge is -2.31. The minimum absolute atomic E-state index is 0.212. The standard InChI is InChI=1S/C11H19N5O2S/c1-3-18-11(17)15-6-4-14(5-7-15)9-16-10(19)13(2)8-12-16/h8H,3-7,9H2,1-2H3/p+1. The first-order valence-corrected chi connectivity index (χ1v) is 6.86. The zero-order valence-electron chi connectivity index (χ0n) is 11.3. The summed E-state index contributed by atoms with van der Waals surface area (Å²) in [6, 6.07) is 0. The van der Waals surface area contributed by atoms with E-state index in [9.17, 15) is 4.79 Å². The van der Waals surface area contributed by atoms with Crippen molar-refractivity contribution < 1.29 is 14.4 Å². The minimum atomic E-state index is -0.212. The van der Waals surface area contributed by atoms with Crippen LogP contribution < -0.4 is 4.90 Å². The molecule has 1 fully saturated rings. The van der Waals surface area contributed by atoms with E-state index in [1.165, 1.54) is 4.90 Å².